The van der Waals surface area contributed by atoms with E-state index in [4.69, 9.17) is 4.98 Å². The number of nitrogens with one attached hydrogen (secondary N) is 1. The molecule has 0 radical (unpaired) electrons. The SMILES string of the molecule is CCSc1ccccc1NCc1csc(C(C)(C)C)n1. The molecule has 1 aromatic heterocycles. The minimum absolute atomic E-state index is 0.138. The number of benzene rings is 1. The highest BCUT2D eigenvalue weighted by molar-refractivity contribution is 7.99. The lowest BCUT2D eigenvalue weighted by atomic mass is 9.98. The van der Waals surface area contributed by atoms with Gasteiger partial charge in [-0.15, -0.1) is 23.1 Å². The van der Waals surface area contributed by atoms with Crippen LogP contribution in [0.5, 0.6) is 0 Å². The van der Waals surface area contributed by atoms with E-state index in [9.17, 15) is 0 Å². The molecule has 0 fully saturated rings. The van der Waals surface area contributed by atoms with Crippen molar-refractivity contribution in [1.29, 1.82) is 0 Å². The summed E-state index contributed by atoms with van der Waals surface area (Å²) in [4.78, 5) is 6.03. The van der Waals surface area contributed by atoms with Crippen LogP contribution in [0.15, 0.2) is 34.5 Å². The van der Waals surface area contributed by atoms with E-state index in [0.717, 1.165) is 18.0 Å². The molecule has 0 aliphatic rings. The van der Waals surface area contributed by atoms with E-state index in [1.54, 1.807) is 11.3 Å². The number of para-hydroxylation sites is 1. The lowest BCUT2D eigenvalue weighted by Crippen LogP contribution is -2.11. The van der Waals surface area contributed by atoms with Crippen LogP contribution >= 0.6 is 23.1 Å². The van der Waals surface area contributed by atoms with Crippen LogP contribution in [-0.4, -0.2) is 10.7 Å². The van der Waals surface area contributed by atoms with Gasteiger partial charge < -0.3 is 5.32 Å². The number of thioether (sulfide) groups is 1. The fraction of sp³-hybridized carbons (Fsp3) is 0.438. The summed E-state index contributed by atoms with van der Waals surface area (Å²) in [5, 5.41) is 6.86. The van der Waals surface area contributed by atoms with Gasteiger partial charge in [0.15, 0.2) is 0 Å². The summed E-state index contributed by atoms with van der Waals surface area (Å²) in [5.41, 5.74) is 2.46. The average molecular weight is 307 g/mol. The first-order valence-electron chi connectivity index (χ1n) is 6.91. The predicted molar refractivity (Wildman–Crippen MR) is 91.0 cm³/mol. The molecule has 0 bridgehead atoms. The van der Waals surface area contributed by atoms with Gasteiger partial charge in [0.1, 0.15) is 0 Å². The summed E-state index contributed by atoms with van der Waals surface area (Å²) >= 11 is 3.62. The van der Waals surface area contributed by atoms with Crippen LogP contribution in [0.3, 0.4) is 0 Å². The monoisotopic (exact) mass is 306 g/mol. The maximum Gasteiger partial charge on any atom is 0.0982 e. The Kier molecular flexibility index (Phi) is 5.11. The van der Waals surface area contributed by atoms with E-state index in [2.05, 4.69) is 62.7 Å². The van der Waals surface area contributed by atoms with Gasteiger partial charge in [-0.2, -0.15) is 0 Å². The van der Waals surface area contributed by atoms with Gasteiger partial charge >= 0.3 is 0 Å². The maximum atomic E-state index is 4.72. The molecule has 2 nitrogen and oxygen atoms in total. The standard InChI is InChI=1S/C16H22N2S2/c1-5-19-14-9-7-6-8-13(14)17-10-12-11-20-15(18-12)16(2,3)4/h6-9,11,17H,5,10H2,1-4H3. The van der Waals surface area contributed by atoms with Crippen LogP contribution in [0.2, 0.25) is 0 Å². The smallest absolute Gasteiger partial charge is 0.0982 e. The molecule has 0 saturated heterocycles. The molecule has 0 unspecified atom stereocenters. The van der Waals surface area contributed by atoms with Crippen LogP contribution in [0, 0.1) is 0 Å². The first kappa shape index (κ1) is 15.4. The minimum atomic E-state index is 0.138. The van der Waals surface area contributed by atoms with E-state index >= 15 is 0 Å². The largest absolute Gasteiger partial charge is 0.378 e. The molecule has 0 atom stereocenters. The van der Waals surface area contributed by atoms with Gasteiger partial charge in [-0.1, -0.05) is 39.8 Å². The van der Waals surface area contributed by atoms with E-state index in [0.29, 0.717) is 0 Å². The van der Waals surface area contributed by atoms with Crippen molar-refractivity contribution in [3.8, 4) is 0 Å². The second-order valence-electron chi connectivity index (χ2n) is 5.68. The zero-order chi connectivity index (χ0) is 14.6. The molecule has 1 aromatic carbocycles. The molecule has 20 heavy (non-hydrogen) atoms. The highest BCUT2D eigenvalue weighted by atomic mass is 32.2. The van der Waals surface area contributed by atoms with Gasteiger partial charge in [-0.05, 0) is 17.9 Å². The van der Waals surface area contributed by atoms with E-state index < -0.39 is 0 Å². The van der Waals surface area contributed by atoms with Crippen molar-refractivity contribution in [2.24, 2.45) is 0 Å². The zero-order valence-electron chi connectivity index (χ0n) is 12.6. The Morgan fingerprint density at radius 1 is 1.25 bits per heavy atom. The Balaban J connectivity index is 2.04. The summed E-state index contributed by atoms with van der Waals surface area (Å²) < 4.78 is 0. The number of hydrogen-bond acceptors (Lipinski definition) is 4. The molecule has 0 saturated carbocycles. The van der Waals surface area contributed by atoms with E-state index in [1.165, 1.54) is 15.6 Å². The molecule has 0 aliphatic heterocycles. The van der Waals surface area contributed by atoms with Crippen molar-refractivity contribution in [3.63, 3.8) is 0 Å². The number of nitrogens with zero attached hydrogens (tertiary/aromatic N) is 1. The van der Waals surface area contributed by atoms with Crippen molar-refractivity contribution in [3.05, 3.63) is 40.3 Å². The molecule has 0 amide bonds. The van der Waals surface area contributed by atoms with Gasteiger partial charge in [0.05, 0.1) is 17.2 Å². The Bertz CT molecular complexity index is 556. The van der Waals surface area contributed by atoms with Gasteiger partial charge in [0, 0.05) is 21.4 Å². The van der Waals surface area contributed by atoms with Crippen LogP contribution < -0.4 is 5.32 Å². The number of rotatable bonds is 5. The highest BCUT2D eigenvalue weighted by Gasteiger charge is 2.17. The molecule has 0 aliphatic carbocycles. The van der Waals surface area contributed by atoms with Crippen molar-refractivity contribution in [1.82, 2.24) is 4.98 Å². The lowest BCUT2D eigenvalue weighted by molar-refractivity contribution is 0.583. The topological polar surface area (TPSA) is 24.9 Å². The third-order valence-corrected chi connectivity index (χ3v) is 5.11. The summed E-state index contributed by atoms with van der Waals surface area (Å²) in [6.07, 6.45) is 0. The van der Waals surface area contributed by atoms with Gasteiger partial charge in [0.25, 0.3) is 0 Å². The van der Waals surface area contributed by atoms with Gasteiger partial charge in [0.2, 0.25) is 0 Å². The van der Waals surface area contributed by atoms with Gasteiger partial charge in [-0.3, -0.25) is 0 Å². The summed E-state index contributed by atoms with van der Waals surface area (Å²) in [7, 11) is 0. The maximum absolute atomic E-state index is 4.72. The van der Waals surface area contributed by atoms with Crippen molar-refractivity contribution >= 4 is 28.8 Å². The zero-order valence-corrected chi connectivity index (χ0v) is 14.2. The first-order valence-corrected chi connectivity index (χ1v) is 8.78. The number of anilines is 1. The Hall–Kier alpha value is -1.00. The number of hydrogen-bond donors (Lipinski definition) is 1. The highest BCUT2D eigenvalue weighted by Crippen LogP contribution is 2.28. The van der Waals surface area contributed by atoms with Crippen LogP contribution in [0.25, 0.3) is 0 Å². The summed E-state index contributed by atoms with van der Waals surface area (Å²) in [5.74, 6) is 1.09. The minimum Gasteiger partial charge on any atom is -0.378 e. The molecule has 2 aromatic rings. The number of aromatic nitrogens is 1. The number of thiazole rings is 1. The van der Waals surface area contributed by atoms with Crippen LogP contribution in [0.4, 0.5) is 5.69 Å². The second kappa shape index (κ2) is 6.64. The molecular formula is C16H22N2S2. The third kappa shape index (κ3) is 4.00. The van der Waals surface area contributed by atoms with Crippen LogP contribution in [-0.2, 0) is 12.0 Å². The quantitative estimate of drug-likeness (QED) is 0.772. The van der Waals surface area contributed by atoms with Crippen molar-refractivity contribution in [2.45, 2.75) is 44.6 Å². The first-order chi connectivity index (χ1) is 9.50. The molecular weight excluding hydrogens is 284 g/mol. The van der Waals surface area contributed by atoms with Crippen molar-refractivity contribution in [2.75, 3.05) is 11.1 Å². The second-order valence-corrected chi connectivity index (χ2v) is 7.84. The molecule has 1 N–H and O–H groups in total. The Labute approximate surface area is 130 Å². The van der Waals surface area contributed by atoms with Crippen molar-refractivity contribution < 1.29 is 0 Å². The van der Waals surface area contributed by atoms with E-state index in [-0.39, 0.29) is 5.41 Å². The Morgan fingerprint density at radius 3 is 2.65 bits per heavy atom. The lowest BCUT2D eigenvalue weighted by Gasteiger charge is -2.13. The molecule has 0 spiro atoms. The van der Waals surface area contributed by atoms with Crippen LogP contribution in [0.1, 0.15) is 38.4 Å². The molecule has 4 heteroatoms. The fourth-order valence-electron chi connectivity index (χ4n) is 1.81. The van der Waals surface area contributed by atoms with E-state index in [1.807, 2.05) is 11.8 Å². The fourth-order valence-corrected chi connectivity index (χ4v) is 3.50. The molecule has 1 heterocycles. The predicted octanol–water partition coefficient (Wildman–Crippen LogP) is 5.16. The Morgan fingerprint density at radius 2 is 2.00 bits per heavy atom. The molecule has 2 rings (SSSR count). The normalized spacial score (nSPS) is 11.6. The van der Waals surface area contributed by atoms with Gasteiger partial charge in [-0.25, -0.2) is 4.98 Å². The summed E-state index contributed by atoms with van der Waals surface area (Å²) in [6, 6.07) is 8.46. The molecule has 108 valence electrons. The third-order valence-electron chi connectivity index (χ3n) is 2.84. The average Bonchev–Trinajstić information content (AvgIpc) is 2.87. The summed E-state index contributed by atoms with van der Waals surface area (Å²) in [6.45, 7) is 9.58.